The second-order valence-corrected chi connectivity index (χ2v) is 5.72. The van der Waals surface area contributed by atoms with Gasteiger partial charge in [-0.3, -0.25) is 14.4 Å². The number of aromatic nitrogens is 2. The van der Waals surface area contributed by atoms with Crippen molar-refractivity contribution in [3.8, 4) is 0 Å². The maximum absolute atomic E-state index is 12.9. The molecule has 134 valence electrons. The quantitative estimate of drug-likeness (QED) is 0.791. The van der Waals surface area contributed by atoms with Crippen LogP contribution < -0.4 is 11.1 Å². The summed E-state index contributed by atoms with van der Waals surface area (Å²) in [5, 5.41) is 8.10. The molecule has 0 fully saturated rings. The standard InChI is InChI=1S/C8H8ClNO2.C7H5ClFNO3/c1-5(11)6-4-10(2)8(12)3-7(6)9;1-10-2-3(7(12)13)4(8)5(9)6(10)11/h3-4H,1-2H3;2H,1H3,(H,12,13). The van der Waals surface area contributed by atoms with Crippen LogP contribution in [0.3, 0.4) is 0 Å². The van der Waals surface area contributed by atoms with Crippen molar-refractivity contribution >= 4 is 35.0 Å². The molecule has 2 aromatic rings. The normalized spacial score (nSPS) is 10.0. The van der Waals surface area contributed by atoms with E-state index < -0.39 is 27.9 Å². The van der Waals surface area contributed by atoms with E-state index in [1.54, 1.807) is 7.05 Å². The molecule has 0 atom stereocenters. The number of Topliss-reactive ketones (excluding diaryl/α,β-unsaturated/α-hetero) is 1. The van der Waals surface area contributed by atoms with Crippen LogP contribution in [-0.4, -0.2) is 26.0 Å². The fraction of sp³-hybridized carbons (Fsp3) is 0.200. The summed E-state index contributed by atoms with van der Waals surface area (Å²) in [6.07, 6.45) is 2.41. The summed E-state index contributed by atoms with van der Waals surface area (Å²) in [5.74, 6) is -2.76. The van der Waals surface area contributed by atoms with Gasteiger partial charge in [-0.15, -0.1) is 0 Å². The Labute approximate surface area is 150 Å². The molecule has 0 aliphatic heterocycles. The number of rotatable bonds is 2. The van der Waals surface area contributed by atoms with E-state index >= 15 is 0 Å². The Kier molecular flexibility index (Phi) is 6.66. The van der Waals surface area contributed by atoms with Gasteiger partial charge in [0.2, 0.25) is 5.82 Å². The average molecular weight is 391 g/mol. The van der Waals surface area contributed by atoms with Gasteiger partial charge in [0.05, 0.1) is 21.2 Å². The molecule has 7 nitrogen and oxygen atoms in total. The van der Waals surface area contributed by atoms with Crippen LogP contribution in [-0.2, 0) is 14.1 Å². The lowest BCUT2D eigenvalue weighted by molar-refractivity contribution is 0.0695. The maximum Gasteiger partial charge on any atom is 0.338 e. The number of carboxylic acids is 1. The minimum Gasteiger partial charge on any atom is -0.478 e. The summed E-state index contributed by atoms with van der Waals surface area (Å²) in [7, 11) is 2.82. The van der Waals surface area contributed by atoms with Gasteiger partial charge in [0.1, 0.15) is 0 Å². The number of hydrogen-bond donors (Lipinski definition) is 1. The van der Waals surface area contributed by atoms with E-state index in [1.165, 1.54) is 30.8 Å². The Hall–Kier alpha value is -2.45. The van der Waals surface area contributed by atoms with Gasteiger partial charge in [0, 0.05) is 32.6 Å². The molecule has 25 heavy (non-hydrogen) atoms. The molecule has 0 bridgehead atoms. The first-order chi connectivity index (χ1) is 11.5. The zero-order valence-corrected chi connectivity index (χ0v) is 14.9. The first kappa shape index (κ1) is 20.6. The molecule has 0 unspecified atom stereocenters. The molecule has 0 aliphatic rings. The molecule has 0 radical (unpaired) electrons. The van der Waals surface area contributed by atoms with Gasteiger partial charge < -0.3 is 14.2 Å². The van der Waals surface area contributed by atoms with Gasteiger partial charge in [0.25, 0.3) is 11.1 Å². The second-order valence-electron chi connectivity index (χ2n) is 4.93. The number of nitrogens with zero attached hydrogens (tertiary/aromatic N) is 2. The predicted molar refractivity (Wildman–Crippen MR) is 90.3 cm³/mol. The minimum absolute atomic E-state index is 0.143. The monoisotopic (exact) mass is 390 g/mol. The molecule has 0 saturated carbocycles. The predicted octanol–water partition coefficient (Wildman–Crippen LogP) is 2.12. The lowest BCUT2D eigenvalue weighted by Gasteiger charge is -2.02. The lowest BCUT2D eigenvalue weighted by atomic mass is 10.2. The molecular formula is C15H13Cl2FN2O5. The molecule has 2 aromatic heterocycles. The first-order valence-electron chi connectivity index (χ1n) is 6.62. The zero-order valence-electron chi connectivity index (χ0n) is 13.3. The van der Waals surface area contributed by atoms with E-state index in [0.29, 0.717) is 5.56 Å². The molecule has 0 saturated heterocycles. The number of carbonyl (C=O) groups excluding carboxylic acids is 1. The SMILES string of the molecule is CC(=O)c1cn(C)c(=O)cc1Cl.Cn1cc(C(=O)O)c(Cl)c(F)c1=O. The summed E-state index contributed by atoms with van der Waals surface area (Å²) >= 11 is 11.0. The smallest absolute Gasteiger partial charge is 0.338 e. The maximum atomic E-state index is 12.9. The fourth-order valence-electron chi connectivity index (χ4n) is 1.69. The summed E-state index contributed by atoms with van der Waals surface area (Å²) < 4.78 is 15.0. The van der Waals surface area contributed by atoms with Crippen molar-refractivity contribution in [2.45, 2.75) is 6.92 Å². The van der Waals surface area contributed by atoms with Crippen LogP contribution in [0.15, 0.2) is 28.0 Å². The van der Waals surface area contributed by atoms with Gasteiger partial charge in [-0.05, 0) is 6.92 Å². The highest BCUT2D eigenvalue weighted by Crippen LogP contribution is 2.16. The van der Waals surface area contributed by atoms with Gasteiger partial charge in [-0.1, -0.05) is 23.2 Å². The first-order valence-corrected chi connectivity index (χ1v) is 7.38. The van der Waals surface area contributed by atoms with Crippen molar-refractivity contribution in [3.63, 3.8) is 0 Å². The number of ketones is 1. The highest BCUT2D eigenvalue weighted by atomic mass is 35.5. The largest absolute Gasteiger partial charge is 0.478 e. The topological polar surface area (TPSA) is 98.4 Å². The highest BCUT2D eigenvalue weighted by molar-refractivity contribution is 6.34. The molecule has 0 spiro atoms. The van der Waals surface area contributed by atoms with Crippen molar-refractivity contribution < 1.29 is 19.1 Å². The number of aryl methyl sites for hydroxylation is 2. The number of halogens is 3. The van der Waals surface area contributed by atoms with Crippen LogP contribution in [0.4, 0.5) is 4.39 Å². The zero-order chi connectivity index (χ0) is 19.5. The van der Waals surface area contributed by atoms with Gasteiger partial charge >= 0.3 is 5.97 Å². The van der Waals surface area contributed by atoms with E-state index in [-0.39, 0.29) is 16.4 Å². The Morgan fingerprint density at radius 1 is 1.08 bits per heavy atom. The summed E-state index contributed by atoms with van der Waals surface area (Å²) in [5.41, 5.74) is -1.22. The van der Waals surface area contributed by atoms with Crippen LogP contribution >= 0.6 is 23.2 Å². The van der Waals surface area contributed by atoms with Gasteiger partial charge in [-0.2, -0.15) is 4.39 Å². The number of pyridine rings is 2. The third-order valence-corrected chi connectivity index (χ3v) is 3.73. The fourth-order valence-corrected chi connectivity index (χ4v) is 2.18. The van der Waals surface area contributed by atoms with Crippen LogP contribution in [0, 0.1) is 5.82 Å². The van der Waals surface area contributed by atoms with Crippen molar-refractivity contribution in [2.24, 2.45) is 14.1 Å². The summed E-state index contributed by atoms with van der Waals surface area (Å²) in [6.45, 7) is 1.41. The molecule has 0 aliphatic carbocycles. The Morgan fingerprint density at radius 3 is 2.08 bits per heavy atom. The summed E-state index contributed by atoms with van der Waals surface area (Å²) in [6, 6.07) is 1.23. The van der Waals surface area contributed by atoms with E-state index in [1.807, 2.05) is 0 Å². The third-order valence-electron chi connectivity index (χ3n) is 3.05. The van der Waals surface area contributed by atoms with Crippen LogP contribution in [0.2, 0.25) is 10.0 Å². The van der Waals surface area contributed by atoms with E-state index in [9.17, 15) is 23.6 Å². The van der Waals surface area contributed by atoms with E-state index in [0.717, 1.165) is 10.8 Å². The number of carboxylic acid groups (broad SMARTS) is 1. The number of carbonyl (C=O) groups is 2. The van der Waals surface area contributed by atoms with Crippen molar-refractivity contribution in [1.29, 1.82) is 0 Å². The number of aromatic carboxylic acids is 1. The van der Waals surface area contributed by atoms with Crippen LogP contribution in [0.5, 0.6) is 0 Å². The third kappa shape index (κ3) is 4.77. The average Bonchev–Trinajstić information content (AvgIpc) is 2.52. The van der Waals surface area contributed by atoms with Crippen molar-refractivity contribution in [2.75, 3.05) is 0 Å². The van der Waals surface area contributed by atoms with Crippen molar-refractivity contribution in [3.05, 3.63) is 66.2 Å². The molecule has 2 heterocycles. The van der Waals surface area contributed by atoms with Gasteiger partial charge in [-0.25, -0.2) is 4.79 Å². The minimum atomic E-state index is -1.38. The molecular weight excluding hydrogens is 378 g/mol. The van der Waals surface area contributed by atoms with Crippen molar-refractivity contribution in [1.82, 2.24) is 9.13 Å². The molecule has 0 amide bonds. The van der Waals surface area contributed by atoms with Crippen LogP contribution in [0.1, 0.15) is 27.6 Å². The molecule has 0 aromatic carbocycles. The molecule has 1 N–H and O–H groups in total. The molecule has 10 heteroatoms. The van der Waals surface area contributed by atoms with E-state index in [2.05, 4.69) is 0 Å². The Balaban J connectivity index is 0.000000251. The lowest BCUT2D eigenvalue weighted by Crippen LogP contribution is -2.22. The summed E-state index contributed by atoms with van der Waals surface area (Å²) in [4.78, 5) is 43.3. The Bertz CT molecular complexity index is 966. The Morgan fingerprint density at radius 2 is 1.60 bits per heavy atom. The highest BCUT2D eigenvalue weighted by Gasteiger charge is 2.16. The van der Waals surface area contributed by atoms with E-state index in [4.69, 9.17) is 28.3 Å². The van der Waals surface area contributed by atoms with Gasteiger partial charge in [0.15, 0.2) is 5.78 Å². The van der Waals surface area contributed by atoms with Crippen LogP contribution in [0.25, 0.3) is 0 Å². The second kappa shape index (κ2) is 8.09. The number of hydrogen-bond acceptors (Lipinski definition) is 4. The molecule has 2 rings (SSSR count).